The third kappa shape index (κ3) is 5.53. The highest BCUT2D eigenvalue weighted by atomic mass is 16.5. The van der Waals surface area contributed by atoms with Gasteiger partial charge >= 0.3 is 5.97 Å². The van der Waals surface area contributed by atoms with Crippen molar-refractivity contribution in [2.45, 2.75) is 45.6 Å². The number of nitrogens with one attached hydrogen (secondary N) is 1. The molecule has 1 aliphatic heterocycles. The van der Waals surface area contributed by atoms with Gasteiger partial charge in [0.05, 0.1) is 17.4 Å². The Morgan fingerprint density at radius 1 is 1.33 bits per heavy atom. The van der Waals surface area contributed by atoms with Crippen molar-refractivity contribution in [3.05, 3.63) is 23.8 Å². The van der Waals surface area contributed by atoms with E-state index in [-0.39, 0.29) is 17.6 Å². The number of aromatic carboxylic acids is 1. The van der Waals surface area contributed by atoms with E-state index in [9.17, 15) is 9.59 Å². The number of carbonyl (C=O) groups is 2. The van der Waals surface area contributed by atoms with Gasteiger partial charge in [0.1, 0.15) is 5.75 Å². The second kappa shape index (κ2) is 8.68. The van der Waals surface area contributed by atoms with Crippen LogP contribution < -0.4 is 10.1 Å². The Morgan fingerprint density at radius 3 is 2.67 bits per heavy atom. The molecule has 2 rings (SSSR count). The monoisotopic (exact) mass is 335 g/mol. The highest BCUT2D eigenvalue weighted by Crippen LogP contribution is 2.28. The molecule has 6 heteroatoms. The maximum Gasteiger partial charge on any atom is 0.335 e. The minimum atomic E-state index is -1.04. The van der Waals surface area contributed by atoms with Crippen LogP contribution in [0.25, 0.3) is 0 Å². The summed E-state index contributed by atoms with van der Waals surface area (Å²) in [6.07, 6.45) is 3.13. The van der Waals surface area contributed by atoms with E-state index < -0.39 is 5.97 Å². The molecular weight excluding hydrogens is 310 g/mol. The molecule has 2 N–H and O–H groups in total. The molecule has 1 saturated heterocycles. The fourth-order valence-corrected chi connectivity index (χ4v) is 2.70. The molecule has 0 spiro atoms. The summed E-state index contributed by atoms with van der Waals surface area (Å²) in [5.41, 5.74) is 0.520. The zero-order valence-corrected chi connectivity index (χ0v) is 14.2. The predicted molar refractivity (Wildman–Crippen MR) is 90.6 cm³/mol. The molecule has 1 amide bonds. The van der Waals surface area contributed by atoms with E-state index in [0.29, 0.717) is 23.8 Å². The minimum Gasteiger partial charge on any atom is -0.489 e. The second-order valence-corrected chi connectivity index (χ2v) is 6.33. The molecule has 1 aromatic carbocycles. The molecule has 0 saturated carbocycles. The van der Waals surface area contributed by atoms with Gasteiger partial charge in [-0.25, -0.2) is 4.79 Å². The molecule has 1 fully saturated rings. The maximum atomic E-state index is 12.2. The third-order valence-corrected chi connectivity index (χ3v) is 3.98. The lowest BCUT2D eigenvalue weighted by molar-refractivity contribution is -0.116. The van der Waals surface area contributed by atoms with Crippen LogP contribution in [-0.2, 0) is 9.53 Å². The number of ether oxygens (including phenoxy) is 2. The molecule has 1 aliphatic rings. The van der Waals surface area contributed by atoms with E-state index >= 15 is 0 Å². The van der Waals surface area contributed by atoms with Gasteiger partial charge < -0.3 is 19.9 Å². The number of anilines is 1. The smallest absolute Gasteiger partial charge is 0.335 e. The standard InChI is InChI=1S/C18H25NO5/c1-12(2)24-16-5-4-14(18(21)22)11-15(16)19-17(20)6-3-13-7-9-23-10-8-13/h4-5,11-13H,3,6-10H2,1-2H3,(H,19,20)(H,21,22). The van der Waals surface area contributed by atoms with Crippen LogP contribution in [0.3, 0.4) is 0 Å². The largest absolute Gasteiger partial charge is 0.489 e. The average molecular weight is 335 g/mol. The average Bonchev–Trinajstić information content (AvgIpc) is 2.55. The Morgan fingerprint density at radius 2 is 2.04 bits per heavy atom. The molecule has 1 heterocycles. The highest BCUT2D eigenvalue weighted by molar-refractivity contribution is 5.95. The van der Waals surface area contributed by atoms with Gasteiger partial charge in [0.2, 0.25) is 5.91 Å². The summed E-state index contributed by atoms with van der Waals surface area (Å²) in [5.74, 6) is -0.169. The van der Waals surface area contributed by atoms with E-state index in [1.165, 1.54) is 12.1 Å². The van der Waals surface area contributed by atoms with Crippen molar-refractivity contribution >= 4 is 17.6 Å². The van der Waals surface area contributed by atoms with Crippen molar-refractivity contribution in [2.24, 2.45) is 5.92 Å². The lowest BCUT2D eigenvalue weighted by atomic mass is 9.95. The van der Waals surface area contributed by atoms with Crippen LogP contribution in [0.15, 0.2) is 18.2 Å². The molecule has 6 nitrogen and oxygen atoms in total. The van der Waals surface area contributed by atoms with Gasteiger partial charge in [-0.15, -0.1) is 0 Å². The Hall–Kier alpha value is -2.08. The van der Waals surface area contributed by atoms with Gasteiger partial charge in [-0.05, 0) is 57.2 Å². The van der Waals surface area contributed by atoms with Gasteiger partial charge in [0, 0.05) is 19.6 Å². The summed E-state index contributed by atoms with van der Waals surface area (Å²) < 4.78 is 11.0. The summed E-state index contributed by atoms with van der Waals surface area (Å²) >= 11 is 0. The molecule has 0 bridgehead atoms. The first kappa shape index (κ1) is 18.3. The Balaban J connectivity index is 2.00. The van der Waals surface area contributed by atoms with Crippen molar-refractivity contribution in [3.8, 4) is 5.75 Å². The van der Waals surface area contributed by atoms with Crippen LogP contribution in [0.5, 0.6) is 5.75 Å². The molecule has 0 aliphatic carbocycles. The lowest BCUT2D eigenvalue weighted by Gasteiger charge is -2.21. The van der Waals surface area contributed by atoms with Crippen molar-refractivity contribution in [2.75, 3.05) is 18.5 Å². The van der Waals surface area contributed by atoms with Gasteiger partial charge in [-0.2, -0.15) is 0 Å². The van der Waals surface area contributed by atoms with E-state index in [1.807, 2.05) is 13.8 Å². The summed E-state index contributed by atoms with van der Waals surface area (Å²) in [5, 5.41) is 11.9. The Labute approximate surface area is 142 Å². The van der Waals surface area contributed by atoms with E-state index in [4.69, 9.17) is 14.6 Å². The zero-order valence-electron chi connectivity index (χ0n) is 14.2. The molecular formula is C18H25NO5. The Kier molecular flexibility index (Phi) is 6.61. The Bertz CT molecular complexity index is 579. The van der Waals surface area contributed by atoms with E-state index in [0.717, 1.165) is 32.5 Å². The lowest BCUT2D eigenvalue weighted by Crippen LogP contribution is -2.19. The summed E-state index contributed by atoms with van der Waals surface area (Å²) in [6, 6.07) is 4.49. The summed E-state index contributed by atoms with van der Waals surface area (Å²) in [6.45, 7) is 5.28. The number of carboxylic acids is 1. The molecule has 0 aromatic heterocycles. The van der Waals surface area contributed by atoms with Crippen LogP contribution in [0, 0.1) is 5.92 Å². The van der Waals surface area contributed by atoms with Crippen LogP contribution in [0.1, 0.15) is 49.9 Å². The fourth-order valence-electron chi connectivity index (χ4n) is 2.70. The molecule has 0 atom stereocenters. The van der Waals surface area contributed by atoms with Crippen molar-refractivity contribution in [3.63, 3.8) is 0 Å². The number of rotatable bonds is 7. The number of hydrogen-bond donors (Lipinski definition) is 2. The van der Waals surface area contributed by atoms with Gasteiger partial charge in [-0.3, -0.25) is 4.79 Å². The number of benzene rings is 1. The quantitative estimate of drug-likeness (QED) is 0.798. The van der Waals surface area contributed by atoms with Crippen LogP contribution in [0.4, 0.5) is 5.69 Å². The number of carbonyl (C=O) groups excluding carboxylic acids is 1. The van der Waals surface area contributed by atoms with Crippen LogP contribution in [-0.4, -0.2) is 36.3 Å². The number of carboxylic acid groups (broad SMARTS) is 1. The first-order chi connectivity index (χ1) is 11.5. The number of amides is 1. The molecule has 0 radical (unpaired) electrons. The molecule has 1 aromatic rings. The van der Waals surface area contributed by atoms with Crippen LogP contribution in [0.2, 0.25) is 0 Å². The molecule has 0 unspecified atom stereocenters. The van der Waals surface area contributed by atoms with Crippen molar-refractivity contribution < 1.29 is 24.2 Å². The van der Waals surface area contributed by atoms with E-state index in [1.54, 1.807) is 6.07 Å². The molecule has 132 valence electrons. The van der Waals surface area contributed by atoms with Gasteiger partial charge in [-0.1, -0.05) is 0 Å². The second-order valence-electron chi connectivity index (χ2n) is 6.33. The van der Waals surface area contributed by atoms with Crippen molar-refractivity contribution in [1.82, 2.24) is 0 Å². The maximum absolute atomic E-state index is 12.2. The normalized spacial score (nSPS) is 15.3. The first-order valence-corrected chi connectivity index (χ1v) is 8.37. The van der Waals surface area contributed by atoms with E-state index in [2.05, 4.69) is 5.32 Å². The van der Waals surface area contributed by atoms with Crippen molar-refractivity contribution in [1.29, 1.82) is 0 Å². The summed E-state index contributed by atoms with van der Waals surface area (Å²) in [7, 11) is 0. The zero-order chi connectivity index (χ0) is 17.5. The van der Waals surface area contributed by atoms with Gasteiger partial charge in [0.15, 0.2) is 0 Å². The minimum absolute atomic E-state index is 0.0708. The summed E-state index contributed by atoms with van der Waals surface area (Å²) in [4.78, 5) is 23.4. The predicted octanol–water partition coefficient (Wildman–Crippen LogP) is 3.32. The van der Waals surface area contributed by atoms with Crippen LogP contribution >= 0.6 is 0 Å². The SMILES string of the molecule is CC(C)Oc1ccc(C(=O)O)cc1NC(=O)CCC1CCOCC1. The third-order valence-electron chi connectivity index (χ3n) is 3.98. The fraction of sp³-hybridized carbons (Fsp3) is 0.556. The molecule has 24 heavy (non-hydrogen) atoms. The first-order valence-electron chi connectivity index (χ1n) is 8.37. The topological polar surface area (TPSA) is 84.9 Å². The van der Waals surface area contributed by atoms with Gasteiger partial charge in [0.25, 0.3) is 0 Å². The number of hydrogen-bond acceptors (Lipinski definition) is 4. The highest BCUT2D eigenvalue weighted by Gasteiger charge is 2.17.